The lowest BCUT2D eigenvalue weighted by Crippen LogP contribution is -2.26. The van der Waals surface area contributed by atoms with Crippen molar-refractivity contribution >= 4 is 12.3 Å². The van der Waals surface area contributed by atoms with E-state index in [2.05, 4.69) is 0 Å². The minimum absolute atomic E-state index is 0.340. The maximum Gasteiger partial charge on any atom is 0.514 e. The minimum atomic E-state index is -0.794. The second kappa shape index (κ2) is 9.20. The Kier molecular flexibility index (Phi) is 7.13. The zero-order valence-corrected chi connectivity index (χ0v) is 18.7. The van der Waals surface area contributed by atoms with Crippen LogP contribution in [-0.4, -0.2) is 23.5 Å². The van der Waals surface area contributed by atoms with Gasteiger partial charge in [-0.1, -0.05) is 30.3 Å². The molecule has 0 amide bonds. The summed E-state index contributed by atoms with van der Waals surface area (Å²) in [5.41, 5.74) is 0.967. The molecule has 0 aliphatic carbocycles. The van der Waals surface area contributed by atoms with Gasteiger partial charge in [0, 0.05) is 12.0 Å². The van der Waals surface area contributed by atoms with E-state index in [9.17, 15) is 9.59 Å². The van der Waals surface area contributed by atoms with E-state index >= 15 is 0 Å². The number of hydrogen-bond donors (Lipinski definition) is 0. The Balaban J connectivity index is 2.34. The lowest BCUT2D eigenvalue weighted by Gasteiger charge is -2.21. The fourth-order valence-corrected chi connectivity index (χ4v) is 2.58. The summed E-state index contributed by atoms with van der Waals surface area (Å²) in [5.74, 6) is 0.689. The highest BCUT2D eigenvalue weighted by Crippen LogP contribution is 2.31. The van der Waals surface area contributed by atoms with Crippen molar-refractivity contribution in [2.24, 2.45) is 0 Å². The van der Waals surface area contributed by atoms with Crippen LogP contribution in [0.4, 0.5) is 9.59 Å². The Morgan fingerprint density at radius 2 is 1.27 bits per heavy atom. The highest BCUT2D eigenvalue weighted by atomic mass is 16.7. The van der Waals surface area contributed by atoms with E-state index in [-0.39, 0.29) is 0 Å². The third-order valence-electron chi connectivity index (χ3n) is 3.76. The van der Waals surface area contributed by atoms with Gasteiger partial charge in [0.25, 0.3) is 0 Å². The van der Waals surface area contributed by atoms with Gasteiger partial charge in [0.1, 0.15) is 22.7 Å². The Bertz CT molecular complexity index is 888. The first-order valence-electron chi connectivity index (χ1n) is 9.81. The van der Waals surface area contributed by atoms with Crippen LogP contribution in [0.25, 0.3) is 0 Å². The zero-order valence-electron chi connectivity index (χ0n) is 18.7. The quantitative estimate of drug-likeness (QED) is 0.437. The Morgan fingerprint density at radius 3 is 1.77 bits per heavy atom. The van der Waals surface area contributed by atoms with E-state index in [1.54, 1.807) is 60.6 Å². The average molecular weight is 414 g/mol. The van der Waals surface area contributed by atoms with E-state index in [1.165, 1.54) is 0 Å². The first-order valence-corrected chi connectivity index (χ1v) is 9.81. The predicted molar refractivity (Wildman–Crippen MR) is 114 cm³/mol. The van der Waals surface area contributed by atoms with Gasteiger partial charge in [-0.05, 0) is 71.7 Å². The van der Waals surface area contributed by atoms with Crippen LogP contribution in [0.5, 0.6) is 11.5 Å². The van der Waals surface area contributed by atoms with Gasteiger partial charge in [-0.15, -0.1) is 0 Å². The number of aryl methyl sites for hydroxylation is 1. The van der Waals surface area contributed by atoms with Gasteiger partial charge in [-0.3, -0.25) is 0 Å². The number of rotatable bonds is 4. The number of carbonyl (C=O) groups excluding carboxylic acids is 2. The summed E-state index contributed by atoms with van der Waals surface area (Å²) in [6, 6.07) is 13.0. The molecule has 0 fully saturated rings. The van der Waals surface area contributed by atoms with Crippen LogP contribution in [0.2, 0.25) is 0 Å². The molecule has 0 spiro atoms. The van der Waals surface area contributed by atoms with Crippen molar-refractivity contribution in [2.75, 3.05) is 0 Å². The largest absolute Gasteiger partial charge is 0.514 e. The molecule has 0 aliphatic rings. The van der Waals surface area contributed by atoms with Gasteiger partial charge < -0.3 is 18.9 Å². The molecule has 0 saturated heterocycles. The summed E-state index contributed by atoms with van der Waals surface area (Å²) >= 11 is 0. The molecule has 30 heavy (non-hydrogen) atoms. The zero-order chi connectivity index (χ0) is 22.5. The molecule has 0 aliphatic heterocycles. The third kappa shape index (κ3) is 7.78. The van der Waals surface area contributed by atoms with Crippen molar-refractivity contribution in [1.82, 2.24) is 0 Å². The lowest BCUT2D eigenvalue weighted by molar-refractivity contribution is 0.0183. The summed E-state index contributed by atoms with van der Waals surface area (Å²) < 4.78 is 21.4. The molecule has 162 valence electrons. The Labute approximate surface area is 178 Å². The monoisotopic (exact) mass is 414 g/mol. The molecule has 0 heterocycles. The lowest BCUT2D eigenvalue weighted by atomic mass is 10.0. The fraction of sp³-hybridized carbons (Fsp3) is 0.417. The SMILES string of the molecule is Cc1cc(OC(=O)OC(C)(C)C)c(Cc2ccccc2)cc1OC(=O)OC(C)(C)C. The maximum atomic E-state index is 12.2. The molecule has 2 rings (SSSR count). The predicted octanol–water partition coefficient (Wildman–Crippen LogP) is 6.21. The molecule has 0 atom stereocenters. The van der Waals surface area contributed by atoms with Crippen molar-refractivity contribution in [3.8, 4) is 11.5 Å². The Morgan fingerprint density at radius 1 is 0.767 bits per heavy atom. The molecule has 0 radical (unpaired) electrons. The molecule has 0 N–H and O–H groups in total. The van der Waals surface area contributed by atoms with Crippen LogP contribution >= 0.6 is 0 Å². The van der Waals surface area contributed by atoms with E-state index in [0.29, 0.717) is 29.0 Å². The number of ether oxygens (including phenoxy) is 4. The summed E-state index contributed by atoms with van der Waals surface area (Å²) in [6.07, 6.45) is -1.11. The van der Waals surface area contributed by atoms with Gasteiger partial charge in [0.05, 0.1) is 0 Å². The normalized spacial score (nSPS) is 11.6. The second-order valence-electron chi connectivity index (χ2n) is 9.02. The molecule has 0 aromatic heterocycles. The average Bonchev–Trinajstić information content (AvgIpc) is 2.56. The minimum Gasteiger partial charge on any atom is -0.428 e. The number of hydrogen-bond acceptors (Lipinski definition) is 6. The summed E-state index contributed by atoms with van der Waals surface area (Å²) in [5, 5.41) is 0. The highest BCUT2D eigenvalue weighted by Gasteiger charge is 2.22. The van der Waals surface area contributed by atoms with Gasteiger partial charge >= 0.3 is 12.3 Å². The van der Waals surface area contributed by atoms with Crippen LogP contribution in [0, 0.1) is 6.92 Å². The van der Waals surface area contributed by atoms with E-state index < -0.39 is 23.5 Å². The molecule has 2 aromatic carbocycles. The van der Waals surface area contributed by atoms with Gasteiger partial charge in [0.2, 0.25) is 0 Å². The standard InChI is InChI=1S/C24H30O6/c1-16-13-20(28-22(26)30-24(5,6)7)18(14-17-11-9-8-10-12-17)15-19(16)27-21(25)29-23(2,3)4/h8-13,15H,14H2,1-7H3. The smallest absolute Gasteiger partial charge is 0.428 e. The fourth-order valence-electron chi connectivity index (χ4n) is 2.58. The van der Waals surface area contributed by atoms with E-state index in [0.717, 1.165) is 5.56 Å². The van der Waals surface area contributed by atoms with Crippen molar-refractivity contribution in [3.63, 3.8) is 0 Å². The molecule has 0 saturated carbocycles. The van der Waals surface area contributed by atoms with Crippen molar-refractivity contribution in [1.29, 1.82) is 0 Å². The van der Waals surface area contributed by atoms with Crippen LogP contribution < -0.4 is 9.47 Å². The van der Waals surface area contributed by atoms with Crippen LogP contribution in [0.3, 0.4) is 0 Å². The summed E-state index contributed by atoms with van der Waals surface area (Å²) in [4.78, 5) is 24.3. The topological polar surface area (TPSA) is 71.1 Å². The second-order valence-corrected chi connectivity index (χ2v) is 9.02. The first kappa shape index (κ1) is 23.3. The van der Waals surface area contributed by atoms with Gasteiger partial charge in [-0.2, -0.15) is 0 Å². The first-order chi connectivity index (χ1) is 13.8. The van der Waals surface area contributed by atoms with Crippen molar-refractivity contribution in [2.45, 2.75) is 66.1 Å². The number of benzene rings is 2. The van der Waals surface area contributed by atoms with Crippen LogP contribution in [0.15, 0.2) is 42.5 Å². The molecule has 6 nitrogen and oxygen atoms in total. The third-order valence-corrected chi connectivity index (χ3v) is 3.76. The van der Waals surface area contributed by atoms with E-state index in [4.69, 9.17) is 18.9 Å². The Hall–Kier alpha value is -3.02. The molecular weight excluding hydrogens is 384 g/mol. The summed E-state index contributed by atoms with van der Waals surface area (Å²) in [7, 11) is 0. The highest BCUT2D eigenvalue weighted by molar-refractivity contribution is 5.68. The molecular formula is C24H30O6. The van der Waals surface area contributed by atoms with Gasteiger partial charge in [-0.25, -0.2) is 9.59 Å². The van der Waals surface area contributed by atoms with E-state index in [1.807, 2.05) is 30.3 Å². The summed E-state index contributed by atoms with van der Waals surface area (Å²) in [6.45, 7) is 12.3. The maximum absolute atomic E-state index is 12.2. The molecule has 2 aromatic rings. The van der Waals surface area contributed by atoms with Gasteiger partial charge in [0.15, 0.2) is 0 Å². The molecule has 0 bridgehead atoms. The van der Waals surface area contributed by atoms with Crippen molar-refractivity contribution < 1.29 is 28.5 Å². The van der Waals surface area contributed by atoms with Crippen LogP contribution in [-0.2, 0) is 15.9 Å². The number of carbonyl (C=O) groups is 2. The molecule has 0 unspecified atom stereocenters. The molecule has 6 heteroatoms. The van der Waals surface area contributed by atoms with Crippen molar-refractivity contribution in [3.05, 3.63) is 59.2 Å². The van der Waals surface area contributed by atoms with Crippen LogP contribution in [0.1, 0.15) is 58.2 Å².